The van der Waals surface area contributed by atoms with Crippen LogP contribution in [0.5, 0.6) is 17.2 Å². The molecule has 0 spiro atoms. The topological polar surface area (TPSA) is 110 Å². The molecule has 0 unspecified atom stereocenters. The van der Waals surface area contributed by atoms with Gasteiger partial charge in [-0.2, -0.15) is 0 Å². The third kappa shape index (κ3) is 10.3. The summed E-state index contributed by atoms with van der Waals surface area (Å²) >= 11 is 1.05. The van der Waals surface area contributed by atoms with Crippen molar-refractivity contribution in [3.05, 3.63) is 103 Å². The van der Waals surface area contributed by atoms with Crippen LogP contribution in [0.1, 0.15) is 15.9 Å². The van der Waals surface area contributed by atoms with Crippen LogP contribution in [-0.4, -0.2) is 56.8 Å². The van der Waals surface area contributed by atoms with Crippen LogP contribution in [-0.2, 0) is 19.1 Å². The average molecular weight is 576 g/mol. The SMILES string of the molecule is C=CC(=O)OCCOc1ccc(C=Nc2ccc(SC(=O)c3ccc(OCCOC(=O)C=C)cc3)c(OC)c2)cc1. The number of nitrogens with zero attached hydrogens (tertiary/aromatic N) is 1. The monoisotopic (exact) mass is 575 g/mol. The number of benzene rings is 3. The summed E-state index contributed by atoms with van der Waals surface area (Å²) in [4.78, 5) is 40.1. The van der Waals surface area contributed by atoms with Gasteiger partial charge < -0.3 is 23.7 Å². The van der Waals surface area contributed by atoms with E-state index in [4.69, 9.17) is 23.7 Å². The number of thioether (sulfide) groups is 1. The van der Waals surface area contributed by atoms with Crippen LogP contribution in [0.3, 0.4) is 0 Å². The van der Waals surface area contributed by atoms with E-state index in [1.54, 1.807) is 60.8 Å². The van der Waals surface area contributed by atoms with Crippen molar-refractivity contribution in [3.8, 4) is 17.2 Å². The van der Waals surface area contributed by atoms with Crippen molar-refractivity contribution in [2.24, 2.45) is 4.99 Å². The maximum atomic E-state index is 12.8. The van der Waals surface area contributed by atoms with Crippen LogP contribution < -0.4 is 14.2 Å². The van der Waals surface area contributed by atoms with Gasteiger partial charge in [-0.3, -0.25) is 9.79 Å². The number of carbonyl (C=O) groups excluding carboxylic acids is 3. The highest BCUT2D eigenvalue weighted by molar-refractivity contribution is 8.14. The van der Waals surface area contributed by atoms with E-state index in [1.807, 2.05) is 12.1 Å². The Morgan fingerprint density at radius 1 is 0.780 bits per heavy atom. The summed E-state index contributed by atoms with van der Waals surface area (Å²) in [5, 5.41) is -0.160. The lowest BCUT2D eigenvalue weighted by molar-refractivity contribution is -0.139. The van der Waals surface area contributed by atoms with Crippen molar-refractivity contribution in [1.29, 1.82) is 0 Å². The van der Waals surface area contributed by atoms with E-state index in [0.717, 1.165) is 29.5 Å². The van der Waals surface area contributed by atoms with Crippen LogP contribution in [0, 0.1) is 0 Å². The Hall–Kier alpha value is -4.83. The third-order valence-electron chi connectivity index (χ3n) is 5.21. The summed E-state index contributed by atoms with van der Waals surface area (Å²) in [5.74, 6) is 0.707. The molecule has 10 heteroatoms. The lowest BCUT2D eigenvalue weighted by Crippen LogP contribution is -2.10. The molecule has 0 amide bonds. The first kappa shape index (κ1) is 30.7. The molecule has 0 bridgehead atoms. The van der Waals surface area contributed by atoms with Crippen molar-refractivity contribution < 1.29 is 38.1 Å². The molecule has 41 heavy (non-hydrogen) atoms. The van der Waals surface area contributed by atoms with Crippen molar-refractivity contribution in [3.63, 3.8) is 0 Å². The van der Waals surface area contributed by atoms with Crippen LogP contribution >= 0.6 is 11.8 Å². The summed E-state index contributed by atoms with van der Waals surface area (Å²) in [7, 11) is 1.53. The first-order chi connectivity index (χ1) is 19.9. The number of carbonyl (C=O) groups is 3. The van der Waals surface area contributed by atoms with Gasteiger partial charge in [0.2, 0.25) is 5.12 Å². The highest BCUT2D eigenvalue weighted by Crippen LogP contribution is 2.35. The van der Waals surface area contributed by atoms with Gasteiger partial charge in [-0.25, -0.2) is 9.59 Å². The van der Waals surface area contributed by atoms with Gasteiger partial charge in [-0.05, 0) is 78.0 Å². The largest absolute Gasteiger partial charge is 0.495 e. The number of ether oxygens (including phenoxy) is 5. The van der Waals surface area contributed by atoms with Crippen molar-refractivity contribution >= 4 is 40.7 Å². The molecule has 9 nitrogen and oxygen atoms in total. The molecule has 3 aromatic carbocycles. The standard InChI is InChI=1S/C31H29NO8S/c1-4-29(33)39-18-16-37-25-11-6-22(7-12-25)21-32-24-10-15-28(27(20-24)36-3)41-31(35)23-8-13-26(14-9-23)38-17-19-40-30(34)5-2/h4-15,20-21H,1-2,16-19H2,3H3. The lowest BCUT2D eigenvalue weighted by Gasteiger charge is -2.09. The Labute approximate surface area is 242 Å². The summed E-state index contributed by atoms with van der Waals surface area (Å²) in [6, 6.07) is 19.3. The molecule has 0 saturated carbocycles. The second-order valence-corrected chi connectivity index (χ2v) is 9.03. The van der Waals surface area contributed by atoms with Gasteiger partial charge in [-0.1, -0.05) is 13.2 Å². The second kappa shape index (κ2) is 16.3. The molecule has 0 saturated heterocycles. The fourth-order valence-electron chi connectivity index (χ4n) is 3.19. The maximum Gasteiger partial charge on any atom is 0.330 e. The minimum atomic E-state index is -0.512. The molecule has 0 aliphatic carbocycles. The summed E-state index contributed by atoms with van der Waals surface area (Å²) in [5.41, 5.74) is 2.01. The molecule has 0 aromatic heterocycles. The number of aliphatic imine (C=N–C) groups is 1. The van der Waals surface area contributed by atoms with Gasteiger partial charge in [0.15, 0.2) is 0 Å². The lowest BCUT2D eigenvalue weighted by atomic mass is 10.2. The summed E-state index contributed by atoms with van der Waals surface area (Å²) < 4.78 is 26.3. The van der Waals surface area contributed by atoms with Crippen LogP contribution in [0.2, 0.25) is 0 Å². The smallest absolute Gasteiger partial charge is 0.330 e. The Morgan fingerprint density at radius 3 is 1.88 bits per heavy atom. The minimum absolute atomic E-state index is 0.0977. The number of esters is 2. The molecule has 0 fully saturated rings. The molecular formula is C31H29NO8S. The van der Waals surface area contributed by atoms with Gasteiger partial charge in [0.1, 0.15) is 43.7 Å². The molecule has 0 N–H and O–H groups in total. The molecular weight excluding hydrogens is 546 g/mol. The second-order valence-electron chi connectivity index (χ2n) is 8.02. The van der Waals surface area contributed by atoms with E-state index in [1.165, 1.54) is 7.11 Å². The van der Waals surface area contributed by atoms with E-state index in [2.05, 4.69) is 18.2 Å². The molecule has 0 atom stereocenters. The molecule has 0 heterocycles. The number of hydrogen-bond donors (Lipinski definition) is 0. The van der Waals surface area contributed by atoms with Gasteiger partial charge in [0.25, 0.3) is 0 Å². The molecule has 3 rings (SSSR count). The van der Waals surface area contributed by atoms with E-state index in [0.29, 0.717) is 33.4 Å². The Balaban J connectivity index is 1.53. The quantitative estimate of drug-likeness (QED) is 0.0752. The zero-order valence-corrected chi connectivity index (χ0v) is 23.3. The highest BCUT2D eigenvalue weighted by atomic mass is 32.2. The number of hydrogen-bond acceptors (Lipinski definition) is 10. The Morgan fingerprint density at radius 2 is 1.34 bits per heavy atom. The molecule has 212 valence electrons. The van der Waals surface area contributed by atoms with Gasteiger partial charge >= 0.3 is 11.9 Å². The van der Waals surface area contributed by atoms with Gasteiger partial charge in [0, 0.05) is 30.0 Å². The number of methoxy groups -OCH3 is 1. The maximum absolute atomic E-state index is 12.8. The Bertz CT molecular complexity index is 1380. The van der Waals surface area contributed by atoms with Crippen molar-refractivity contribution in [1.82, 2.24) is 0 Å². The number of rotatable bonds is 15. The normalized spacial score (nSPS) is 10.5. The predicted octanol–water partition coefficient (Wildman–Crippen LogP) is 5.59. The molecule has 3 aromatic rings. The minimum Gasteiger partial charge on any atom is -0.495 e. The zero-order chi connectivity index (χ0) is 29.5. The molecule has 0 radical (unpaired) electrons. The van der Waals surface area contributed by atoms with Gasteiger partial charge in [0.05, 0.1) is 17.7 Å². The predicted molar refractivity (Wildman–Crippen MR) is 157 cm³/mol. The first-order valence-corrected chi connectivity index (χ1v) is 13.2. The van der Waals surface area contributed by atoms with Crippen LogP contribution in [0.25, 0.3) is 0 Å². The van der Waals surface area contributed by atoms with Crippen LogP contribution in [0.15, 0.2) is 102 Å². The van der Waals surface area contributed by atoms with Crippen LogP contribution in [0.4, 0.5) is 5.69 Å². The van der Waals surface area contributed by atoms with E-state index >= 15 is 0 Å². The Kier molecular flexibility index (Phi) is 12.2. The molecule has 0 aliphatic heterocycles. The van der Waals surface area contributed by atoms with Gasteiger partial charge in [-0.15, -0.1) is 0 Å². The fourth-order valence-corrected chi connectivity index (χ4v) is 4.02. The van der Waals surface area contributed by atoms with Crippen molar-refractivity contribution in [2.75, 3.05) is 33.5 Å². The summed E-state index contributed by atoms with van der Waals surface area (Å²) in [6.07, 6.45) is 3.89. The summed E-state index contributed by atoms with van der Waals surface area (Å²) in [6.45, 7) is 7.31. The first-order valence-electron chi connectivity index (χ1n) is 12.4. The van der Waals surface area contributed by atoms with E-state index in [-0.39, 0.29) is 31.5 Å². The zero-order valence-electron chi connectivity index (χ0n) is 22.4. The highest BCUT2D eigenvalue weighted by Gasteiger charge is 2.13. The average Bonchev–Trinajstić information content (AvgIpc) is 3.01. The van der Waals surface area contributed by atoms with E-state index in [9.17, 15) is 14.4 Å². The fraction of sp³-hybridized carbons (Fsp3) is 0.161. The van der Waals surface area contributed by atoms with E-state index < -0.39 is 11.9 Å². The van der Waals surface area contributed by atoms with Crippen molar-refractivity contribution in [2.45, 2.75) is 4.90 Å². The molecule has 0 aliphatic rings. The third-order valence-corrected chi connectivity index (χ3v) is 6.19.